The van der Waals surface area contributed by atoms with Crippen molar-refractivity contribution in [2.45, 2.75) is 11.6 Å². The van der Waals surface area contributed by atoms with Gasteiger partial charge in [0.1, 0.15) is 0 Å². The number of nitro groups is 1. The maximum absolute atomic E-state index is 10.8. The van der Waals surface area contributed by atoms with Crippen LogP contribution in [0.3, 0.4) is 0 Å². The summed E-state index contributed by atoms with van der Waals surface area (Å²) in [6.45, 7) is 0. The lowest BCUT2D eigenvalue weighted by atomic mass is 10.1. The van der Waals surface area contributed by atoms with Gasteiger partial charge in [-0.15, -0.1) is 66.5 Å². The predicted octanol–water partition coefficient (Wildman–Crippen LogP) is 5.53. The van der Waals surface area contributed by atoms with E-state index in [1.807, 2.05) is 0 Å². The second-order valence-electron chi connectivity index (χ2n) is 3.77. The fraction of sp³-hybridized carbons (Fsp3) is 0.250. The molecule has 0 N–H and O–H groups in total. The predicted molar refractivity (Wildman–Crippen MR) is 87.3 cm³/mol. The Hall–Kier alpha value is 0.794. The van der Waals surface area contributed by atoms with Crippen molar-refractivity contribution in [1.82, 2.24) is 0 Å². The summed E-state index contributed by atoms with van der Waals surface area (Å²) in [6.07, 6.45) is 0. The van der Waals surface area contributed by atoms with Gasteiger partial charge in [-0.25, -0.2) is 0 Å². The summed E-state index contributed by atoms with van der Waals surface area (Å²) in [7, 11) is 0. The van der Waals surface area contributed by atoms with Gasteiger partial charge in [0, 0.05) is 17.7 Å². The molecule has 0 aromatic heterocycles. The second-order valence-corrected chi connectivity index (χ2v) is 21.8. The Morgan fingerprint density at radius 3 is 2.16 bits per heavy atom. The van der Waals surface area contributed by atoms with E-state index in [1.54, 1.807) is 6.07 Å². The molecule has 0 aliphatic carbocycles. The third-order valence-corrected chi connectivity index (χ3v) is 8.68. The summed E-state index contributed by atoms with van der Waals surface area (Å²) in [5.41, 5.74) is -0.159. The lowest BCUT2D eigenvalue weighted by Crippen LogP contribution is -2.28. The topological polar surface area (TPSA) is 43.1 Å². The van der Waals surface area contributed by atoms with E-state index >= 15 is 0 Å². The molecule has 0 aliphatic rings. The van der Waals surface area contributed by atoms with E-state index in [-0.39, 0.29) is 11.7 Å². The van der Waals surface area contributed by atoms with Gasteiger partial charge in [0.05, 0.1) is 4.92 Å². The van der Waals surface area contributed by atoms with Crippen LogP contribution in [0, 0.1) is 10.1 Å². The van der Waals surface area contributed by atoms with Crippen LogP contribution in [0.1, 0.15) is 11.1 Å². The molecule has 0 saturated heterocycles. The van der Waals surface area contributed by atoms with Crippen molar-refractivity contribution in [3.05, 3.63) is 39.9 Å². The van der Waals surface area contributed by atoms with Crippen molar-refractivity contribution in [2.75, 3.05) is 0 Å². The van der Waals surface area contributed by atoms with E-state index in [2.05, 4.69) is 0 Å². The van der Waals surface area contributed by atoms with Crippen molar-refractivity contribution in [1.29, 1.82) is 0 Å². The Balaban J connectivity index is 3.18. The minimum absolute atomic E-state index is 0.0864. The van der Waals surface area contributed by atoms with Crippen molar-refractivity contribution in [3.8, 4) is 0 Å². The second kappa shape index (κ2) is 6.70. The van der Waals surface area contributed by atoms with E-state index in [0.29, 0.717) is 5.56 Å². The van der Waals surface area contributed by atoms with E-state index < -0.39 is 22.5 Å². The first-order valence-electron chi connectivity index (χ1n) is 4.88. The fourth-order valence-corrected chi connectivity index (χ4v) is 10.4. The van der Waals surface area contributed by atoms with Gasteiger partial charge in [-0.3, -0.25) is 10.1 Å². The molecule has 19 heavy (non-hydrogen) atoms. The van der Waals surface area contributed by atoms with Crippen LogP contribution in [-0.2, 0) is 0 Å². The number of hydrogen-bond acceptors (Lipinski definition) is 2. The van der Waals surface area contributed by atoms with Crippen LogP contribution in [0.5, 0.6) is 0 Å². The Bertz CT molecular complexity index is 475. The third-order valence-electron chi connectivity index (χ3n) is 2.31. The molecule has 3 nitrogen and oxygen atoms in total. The zero-order valence-corrected chi connectivity index (χ0v) is 15.7. The van der Waals surface area contributed by atoms with Crippen molar-refractivity contribution in [2.24, 2.45) is 0 Å². The van der Waals surface area contributed by atoms with E-state index in [9.17, 15) is 10.1 Å². The number of rotatable bonds is 5. The molecule has 1 atom stereocenters. The Morgan fingerprint density at radius 2 is 1.74 bits per heavy atom. The number of benzene rings is 1. The Labute approximate surface area is 140 Å². The molecule has 0 spiro atoms. The van der Waals surface area contributed by atoms with E-state index in [4.69, 9.17) is 66.5 Å². The molecule has 0 unspecified atom stereocenters. The van der Waals surface area contributed by atoms with Crippen LogP contribution < -0.4 is 0 Å². The summed E-state index contributed by atoms with van der Waals surface area (Å²) in [4.78, 5) is 10.2. The van der Waals surface area contributed by atoms with Gasteiger partial charge in [-0.2, -0.15) is 0 Å². The summed E-state index contributed by atoms with van der Waals surface area (Å²) < 4.78 is 0. The Kier molecular flexibility index (Phi) is 6.30. The van der Waals surface area contributed by atoms with Gasteiger partial charge < -0.3 is 0 Å². The number of nitro benzene ring substituents is 1. The minimum Gasteiger partial charge on any atom is -0.258 e. The first-order valence-corrected chi connectivity index (χ1v) is 15.2. The van der Waals surface area contributed by atoms with Crippen molar-refractivity contribution in [3.63, 3.8) is 0 Å². The van der Waals surface area contributed by atoms with E-state index in [0.717, 1.165) is 0 Å². The SMILES string of the molecule is O=[N+]([O-])c1cccc([C@H](C[Si](Cl)(Cl)Cl)[Si](Cl)(Cl)Cl)c1. The molecule has 1 aromatic rings. The molecule has 0 amide bonds. The smallest absolute Gasteiger partial charge is 0.258 e. The van der Waals surface area contributed by atoms with Crippen LogP contribution in [-0.4, -0.2) is 16.9 Å². The fourth-order valence-electron chi connectivity index (χ4n) is 1.51. The molecule has 1 rings (SSSR count). The van der Waals surface area contributed by atoms with Gasteiger partial charge in [0.2, 0.25) is 0 Å². The molecule has 0 aliphatic heterocycles. The highest BCUT2D eigenvalue weighted by Gasteiger charge is 2.44. The summed E-state index contributed by atoms with van der Waals surface area (Å²) in [5, 5.41) is 10.8. The molecular weight excluding hydrogens is 411 g/mol. The third kappa shape index (κ3) is 5.97. The molecule has 0 heterocycles. The van der Waals surface area contributed by atoms with Gasteiger partial charge in [0.25, 0.3) is 5.69 Å². The van der Waals surface area contributed by atoms with Gasteiger partial charge in [-0.05, 0) is 11.6 Å². The standard InChI is InChI=1S/C8H7Cl6NO2Si2/c9-18(10,11)5-8(19(12,13)14)6-2-1-3-7(4-6)15(16)17/h1-4,8H,5H2/t8-/m0/s1. The molecule has 11 heteroatoms. The maximum Gasteiger partial charge on any atom is 0.348 e. The number of non-ortho nitro benzene ring substituents is 1. The Morgan fingerprint density at radius 1 is 1.16 bits per heavy atom. The monoisotopic (exact) mass is 415 g/mol. The zero-order chi connectivity index (χ0) is 14.8. The van der Waals surface area contributed by atoms with Crippen LogP contribution in [0.15, 0.2) is 24.3 Å². The summed E-state index contributed by atoms with van der Waals surface area (Å²) in [6, 6.07) is -0.275. The van der Waals surface area contributed by atoms with Crippen molar-refractivity contribution >= 4 is 84.2 Å². The maximum atomic E-state index is 10.8. The lowest BCUT2D eigenvalue weighted by molar-refractivity contribution is -0.384. The molecule has 0 bridgehead atoms. The molecule has 1 aromatic carbocycles. The van der Waals surface area contributed by atoms with Crippen LogP contribution in [0.4, 0.5) is 5.69 Å². The van der Waals surface area contributed by atoms with Crippen molar-refractivity contribution < 1.29 is 4.92 Å². The highest BCUT2D eigenvalue weighted by atomic mass is 35.8. The molecule has 106 valence electrons. The average Bonchev–Trinajstić information content (AvgIpc) is 2.23. The molecule has 0 fully saturated rings. The average molecular weight is 418 g/mol. The first-order chi connectivity index (χ1) is 8.50. The highest BCUT2D eigenvalue weighted by Crippen LogP contribution is 2.45. The zero-order valence-electron chi connectivity index (χ0n) is 9.13. The van der Waals surface area contributed by atoms with Gasteiger partial charge in [0.15, 0.2) is 0 Å². The van der Waals surface area contributed by atoms with Crippen LogP contribution in [0.25, 0.3) is 0 Å². The van der Waals surface area contributed by atoms with E-state index in [1.165, 1.54) is 18.2 Å². The summed E-state index contributed by atoms with van der Waals surface area (Å²) in [5.74, 6) is 0. The quantitative estimate of drug-likeness (QED) is 0.273. The molecular formula is C8H7Cl6NO2Si2. The highest BCUT2D eigenvalue weighted by molar-refractivity contribution is 7.67. The number of hydrogen-bond donors (Lipinski definition) is 0. The largest absolute Gasteiger partial charge is 0.348 e. The normalized spacial score (nSPS) is 14.2. The minimum atomic E-state index is -3.22. The molecule has 0 radical (unpaired) electrons. The van der Waals surface area contributed by atoms with Gasteiger partial charge >= 0.3 is 12.0 Å². The van der Waals surface area contributed by atoms with Gasteiger partial charge in [-0.1, -0.05) is 12.1 Å². The molecule has 0 saturated carbocycles. The number of halogens is 6. The lowest BCUT2D eigenvalue weighted by Gasteiger charge is -2.24. The van der Waals surface area contributed by atoms with Crippen LogP contribution >= 0.6 is 66.5 Å². The van der Waals surface area contributed by atoms with Crippen LogP contribution in [0.2, 0.25) is 6.04 Å². The summed E-state index contributed by atoms with van der Waals surface area (Å²) >= 11 is 35.7. The first kappa shape index (κ1) is 17.8. The number of nitrogens with zero attached hydrogens (tertiary/aromatic N) is 1.